The molecule has 2 N–H and O–H groups in total. The van der Waals surface area contributed by atoms with Crippen LogP contribution in [-0.2, 0) is 20.7 Å². The average molecular weight is 333 g/mol. The number of amides is 1. The van der Waals surface area contributed by atoms with Crippen LogP contribution in [0.15, 0.2) is 30.3 Å². The second-order valence-electron chi connectivity index (χ2n) is 7.15. The third-order valence-corrected chi connectivity index (χ3v) is 4.74. The van der Waals surface area contributed by atoms with Crippen molar-refractivity contribution < 1.29 is 19.4 Å². The van der Waals surface area contributed by atoms with Gasteiger partial charge in [-0.1, -0.05) is 44.2 Å². The van der Waals surface area contributed by atoms with Crippen molar-refractivity contribution in [3.05, 3.63) is 35.9 Å². The lowest BCUT2D eigenvalue weighted by molar-refractivity contribution is -0.145. The van der Waals surface area contributed by atoms with Gasteiger partial charge in [-0.15, -0.1) is 0 Å². The molecule has 0 bridgehead atoms. The predicted molar refractivity (Wildman–Crippen MR) is 91.6 cm³/mol. The number of carboxylic acids is 1. The van der Waals surface area contributed by atoms with E-state index in [-0.39, 0.29) is 18.4 Å². The van der Waals surface area contributed by atoms with Gasteiger partial charge in [0.2, 0.25) is 5.91 Å². The first kappa shape index (κ1) is 18.5. The van der Waals surface area contributed by atoms with Gasteiger partial charge in [-0.3, -0.25) is 9.59 Å². The van der Waals surface area contributed by atoms with Gasteiger partial charge in [-0.25, -0.2) is 0 Å². The molecule has 5 nitrogen and oxygen atoms in total. The molecule has 1 atom stereocenters. The summed E-state index contributed by atoms with van der Waals surface area (Å²) in [5.41, 5.74) is 0.511. The molecule has 132 valence electrons. The van der Waals surface area contributed by atoms with Crippen LogP contribution in [0.2, 0.25) is 0 Å². The molecule has 0 aromatic heterocycles. The fourth-order valence-electron chi connectivity index (χ4n) is 3.20. The Labute approximate surface area is 143 Å². The molecule has 0 saturated carbocycles. The standard InChI is InChI=1S/C19H27NO4/c1-19(2,12-14-6-4-3-5-7-14)18(23)20-13-16(17(21)22)15-8-10-24-11-9-15/h3-7,15-16H,8-13H2,1-2H3,(H,20,23)(H,21,22). The Kier molecular flexibility index (Phi) is 6.37. The summed E-state index contributed by atoms with van der Waals surface area (Å²) in [6, 6.07) is 9.85. The quantitative estimate of drug-likeness (QED) is 0.804. The number of rotatable bonds is 7. The molecule has 0 radical (unpaired) electrons. The van der Waals surface area contributed by atoms with Gasteiger partial charge in [0.1, 0.15) is 0 Å². The molecule has 2 rings (SSSR count). The Bertz CT molecular complexity index is 550. The third kappa shape index (κ3) is 5.06. The highest BCUT2D eigenvalue weighted by Gasteiger charge is 2.33. The SMILES string of the molecule is CC(C)(Cc1ccccc1)C(=O)NCC(C(=O)O)C1CCOCC1. The van der Waals surface area contributed by atoms with Gasteiger partial charge in [0.05, 0.1) is 5.92 Å². The summed E-state index contributed by atoms with van der Waals surface area (Å²) in [5.74, 6) is -1.44. The summed E-state index contributed by atoms with van der Waals surface area (Å²) < 4.78 is 5.30. The minimum absolute atomic E-state index is 0.0637. The molecule has 0 aliphatic carbocycles. The van der Waals surface area contributed by atoms with E-state index in [1.54, 1.807) is 0 Å². The van der Waals surface area contributed by atoms with Crippen LogP contribution in [0, 0.1) is 17.3 Å². The molecule has 1 saturated heterocycles. The monoisotopic (exact) mass is 333 g/mol. The second-order valence-corrected chi connectivity index (χ2v) is 7.15. The van der Waals surface area contributed by atoms with Crippen molar-refractivity contribution in [2.45, 2.75) is 33.1 Å². The Morgan fingerprint density at radius 2 is 1.88 bits per heavy atom. The van der Waals surface area contributed by atoms with Crippen molar-refractivity contribution in [3.63, 3.8) is 0 Å². The largest absolute Gasteiger partial charge is 0.481 e. The van der Waals surface area contributed by atoms with E-state index in [0.29, 0.717) is 19.6 Å². The van der Waals surface area contributed by atoms with E-state index >= 15 is 0 Å². The van der Waals surface area contributed by atoms with E-state index in [1.165, 1.54) is 0 Å². The Morgan fingerprint density at radius 3 is 2.46 bits per heavy atom. The number of aliphatic carboxylic acids is 1. The van der Waals surface area contributed by atoms with Crippen LogP contribution >= 0.6 is 0 Å². The number of ether oxygens (including phenoxy) is 1. The van der Waals surface area contributed by atoms with Crippen molar-refractivity contribution in [2.75, 3.05) is 19.8 Å². The zero-order valence-corrected chi connectivity index (χ0v) is 14.5. The van der Waals surface area contributed by atoms with Gasteiger partial charge in [0.15, 0.2) is 0 Å². The Hall–Kier alpha value is -1.88. The first-order valence-electron chi connectivity index (χ1n) is 8.53. The highest BCUT2D eigenvalue weighted by Crippen LogP contribution is 2.25. The smallest absolute Gasteiger partial charge is 0.308 e. The fourth-order valence-corrected chi connectivity index (χ4v) is 3.20. The van der Waals surface area contributed by atoms with Crippen molar-refractivity contribution in [2.24, 2.45) is 17.3 Å². The maximum atomic E-state index is 12.6. The van der Waals surface area contributed by atoms with Gasteiger partial charge in [0.25, 0.3) is 0 Å². The van der Waals surface area contributed by atoms with E-state index in [4.69, 9.17) is 4.74 Å². The maximum Gasteiger partial charge on any atom is 0.308 e. The van der Waals surface area contributed by atoms with Crippen LogP contribution in [0.25, 0.3) is 0 Å². The number of hydrogen-bond donors (Lipinski definition) is 2. The van der Waals surface area contributed by atoms with Crippen molar-refractivity contribution in [3.8, 4) is 0 Å². The van der Waals surface area contributed by atoms with E-state index in [1.807, 2.05) is 44.2 Å². The number of carboxylic acid groups (broad SMARTS) is 1. The molecule has 1 fully saturated rings. The second kappa shape index (κ2) is 8.29. The molecule has 1 unspecified atom stereocenters. The van der Waals surface area contributed by atoms with E-state index in [2.05, 4.69) is 5.32 Å². The van der Waals surface area contributed by atoms with Crippen LogP contribution in [0.3, 0.4) is 0 Å². The molecule has 1 aromatic rings. The first-order chi connectivity index (χ1) is 11.4. The van der Waals surface area contributed by atoms with Gasteiger partial charge < -0.3 is 15.2 Å². The molecule has 1 aliphatic heterocycles. The van der Waals surface area contributed by atoms with Gasteiger partial charge >= 0.3 is 5.97 Å². The third-order valence-electron chi connectivity index (χ3n) is 4.74. The van der Waals surface area contributed by atoms with Crippen LogP contribution in [0.4, 0.5) is 0 Å². The van der Waals surface area contributed by atoms with Crippen LogP contribution in [-0.4, -0.2) is 36.7 Å². The average Bonchev–Trinajstić information content (AvgIpc) is 2.56. The zero-order chi connectivity index (χ0) is 17.6. The van der Waals surface area contributed by atoms with Crippen molar-refractivity contribution in [1.29, 1.82) is 0 Å². The Morgan fingerprint density at radius 1 is 1.25 bits per heavy atom. The van der Waals surface area contributed by atoms with Crippen LogP contribution in [0.1, 0.15) is 32.3 Å². The van der Waals surface area contributed by atoms with Gasteiger partial charge in [-0.2, -0.15) is 0 Å². The number of carbonyl (C=O) groups excluding carboxylic acids is 1. The molecule has 1 heterocycles. The normalized spacial score (nSPS) is 17.2. The maximum absolute atomic E-state index is 12.6. The highest BCUT2D eigenvalue weighted by atomic mass is 16.5. The minimum atomic E-state index is -0.844. The van der Waals surface area contributed by atoms with Crippen molar-refractivity contribution in [1.82, 2.24) is 5.32 Å². The molecule has 5 heteroatoms. The molecular formula is C19H27NO4. The summed E-state index contributed by atoms with van der Waals surface area (Å²) in [6.07, 6.45) is 2.09. The van der Waals surface area contributed by atoms with Crippen molar-refractivity contribution >= 4 is 11.9 Å². The highest BCUT2D eigenvalue weighted by molar-refractivity contribution is 5.82. The van der Waals surface area contributed by atoms with E-state index in [0.717, 1.165) is 18.4 Å². The van der Waals surface area contributed by atoms with Crippen LogP contribution in [0.5, 0.6) is 0 Å². The summed E-state index contributed by atoms with van der Waals surface area (Å²) in [6.45, 7) is 5.15. The summed E-state index contributed by atoms with van der Waals surface area (Å²) >= 11 is 0. The molecular weight excluding hydrogens is 306 g/mol. The summed E-state index contributed by atoms with van der Waals surface area (Å²) in [5, 5.41) is 12.3. The lowest BCUT2D eigenvalue weighted by Gasteiger charge is -2.29. The molecule has 1 aromatic carbocycles. The number of hydrogen-bond acceptors (Lipinski definition) is 3. The Balaban J connectivity index is 1.92. The van der Waals surface area contributed by atoms with Gasteiger partial charge in [0, 0.05) is 25.2 Å². The zero-order valence-electron chi connectivity index (χ0n) is 14.5. The topological polar surface area (TPSA) is 75.6 Å². The number of nitrogens with one attached hydrogen (secondary N) is 1. The fraction of sp³-hybridized carbons (Fsp3) is 0.579. The van der Waals surface area contributed by atoms with Gasteiger partial charge in [-0.05, 0) is 30.7 Å². The predicted octanol–water partition coefficient (Wildman–Crippen LogP) is 2.50. The van der Waals surface area contributed by atoms with E-state index < -0.39 is 17.3 Å². The molecule has 0 spiro atoms. The molecule has 1 aliphatic rings. The first-order valence-corrected chi connectivity index (χ1v) is 8.53. The lowest BCUT2D eigenvalue weighted by atomic mass is 9.83. The summed E-state index contributed by atoms with van der Waals surface area (Å²) in [7, 11) is 0. The molecule has 1 amide bonds. The number of carbonyl (C=O) groups is 2. The summed E-state index contributed by atoms with van der Waals surface area (Å²) in [4.78, 5) is 24.1. The lowest BCUT2D eigenvalue weighted by Crippen LogP contribution is -2.44. The van der Waals surface area contributed by atoms with E-state index in [9.17, 15) is 14.7 Å². The minimum Gasteiger partial charge on any atom is -0.481 e. The van der Waals surface area contributed by atoms with Crippen LogP contribution < -0.4 is 5.32 Å². The molecule has 24 heavy (non-hydrogen) atoms. The number of benzene rings is 1.